The second-order valence-corrected chi connectivity index (χ2v) is 3.64. The third kappa shape index (κ3) is 3.49. The van der Waals surface area contributed by atoms with E-state index in [4.69, 9.17) is 16.2 Å². The number of hydrogen-bond donors (Lipinski definition) is 2. The summed E-state index contributed by atoms with van der Waals surface area (Å²) in [6.07, 6.45) is 3.47. The fraction of sp³-hybridized carbons (Fsp3) is 0.545. The Morgan fingerprint density at radius 2 is 2.27 bits per heavy atom. The molecule has 0 aromatic carbocycles. The van der Waals surface area contributed by atoms with E-state index in [1.165, 1.54) is 0 Å². The minimum atomic E-state index is 0.00167. The van der Waals surface area contributed by atoms with Crippen LogP contribution < -0.4 is 11.5 Å². The normalized spacial score (nSPS) is 14.9. The lowest BCUT2D eigenvalue weighted by Crippen LogP contribution is -2.37. The Balaban J connectivity index is 2.61. The Kier molecular flexibility index (Phi) is 4.52. The number of nitrogen functional groups attached to an aromatic ring is 1. The Morgan fingerprint density at radius 3 is 2.80 bits per heavy atom. The lowest BCUT2D eigenvalue weighted by molar-refractivity contribution is 0.0773. The first-order valence-electron chi connectivity index (χ1n) is 5.16. The van der Waals surface area contributed by atoms with E-state index in [9.17, 15) is 0 Å². The largest absolute Gasteiger partial charge is 0.384 e. The monoisotopic (exact) mass is 209 g/mol. The fourth-order valence-corrected chi connectivity index (χ4v) is 1.67. The van der Waals surface area contributed by atoms with E-state index in [2.05, 4.69) is 11.9 Å². The average Bonchev–Trinajstić information content (AvgIpc) is 2.19. The van der Waals surface area contributed by atoms with Gasteiger partial charge in [0, 0.05) is 19.3 Å². The summed E-state index contributed by atoms with van der Waals surface area (Å²) in [5, 5.41) is 0. The van der Waals surface area contributed by atoms with Crippen molar-refractivity contribution in [2.45, 2.75) is 31.9 Å². The minimum absolute atomic E-state index is 0.00167. The zero-order valence-corrected chi connectivity index (χ0v) is 9.31. The molecule has 0 fully saturated rings. The summed E-state index contributed by atoms with van der Waals surface area (Å²) in [4.78, 5) is 3.94. The number of nitrogens with zero attached hydrogens (tertiary/aromatic N) is 1. The van der Waals surface area contributed by atoms with E-state index in [0.717, 1.165) is 18.4 Å². The van der Waals surface area contributed by atoms with Gasteiger partial charge in [-0.05, 0) is 30.5 Å². The molecule has 0 amide bonds. The first kappa shape index (κ1) is 11.9. The molecule has 1 rings (SSSR count). The van der Waals surface area contributed by atoms with Crippen molar-refractivity contribution < 1.29 is 4.74 Å². The van der Waals surface area contributed by atoms with Crippen LogP contribution in [-0.4, -0.2) is 24.2 Å². The molecule has 1 aromatic rings. The Bertz CT molecular complexity index is 300. The number of anilines is 1. The molecule has 4 heteroatoms. The number of aromatic nitrogens is 1. The van der Waals surface area contributed by atoms with Crippen LogP contribution in [0.3, 0.4) is 0 Å². The molecule has 2 unspecified atom stereocenters. The number of nitrogens with two attached hydrogens (primary N) is 2. The maximum absolute atomic E-state index is 6.03. The summed E-state index contributed by atoms with van der Waals surface area (Å²) in [5.41, 5.74) is 12.7. The van der Waals surface area contributed by atoms with Crippen LogP contribution in [0.15, 0.2) is 18.3 Å². The van der Waals surface area contributed by atoms with Crippen molar-refractivity contribution in [2.75, 3.05) is 12.8 Å². The van der Waals surface area contributed by atoms with Crippen LogP contribution in [0.25, 0.3) is 0 Å². The molecule has 84 valence electrons. The van der Waals surface area contributed by atoms with Gasteiger partial charge in [0.05, 0.1) is 6.10 Å². The van der Waals surface area contributed by atoms with Crippen LogP contribution in [-0.2, 0) is 11.2 Å². The third-order valence-electron chi connectivity index (χ3n) is 2.50. The van der Waals surface area contributed by atoms with E-state index >= 15 is 0 Å². The fourth-order valence-electron chi connectivity index (χ4n) is 1.67. The first-order valence-corrected chi connectivity index (χ1v) is 5.16. The van der Waals surface area contributed by atoms with E-state index < -0.39 is 0 Å². The Morgan fingerprint density at radius 1 is 1.53 bits per heavy atom. The van der Waals surface area contributed by atoms with E-state index in [1.54, 1.807) is 13.3 Å². The maximum atomic E-state index is 6.03. The van der Waals surface area contributed by atoms with Crippen LogP contribution >= 0.6 is 0 Å². The van der Waals surface area contributed by atoms with Crippen LogP contribution in [0.2, 0.25) is 0 Å². The highest BCUT2D eigenvalue weighted by Crippen LogP contribution is 2.10. The summed E-state index contributed by atoms with van der Waals surface area (Å²) in [6, 6.07) is 3.78. The number of hydrogen-bond acceptors (Lipinski definition) is 4. The van der Waals surface area contributed by atoms with Crippen molar-refractivity contribution in [1.29, 1.82) is 0 Å². The first-order chi connectivity index (χ1) is 7.17. The maximum Gasteiger partial charge on any atom is 0.123 e. The molecule has 0 bridgehead atoms. The van der Waals surface area contributed by atoms with Gasteiger partial charge in [-0.3, -0.25) is 0 Å². The Hall–Kier alpha value is -1.13. The molecule has 0 saturated carbocycles. The zero-order valence-electron chi connectivity index (χ0n) is 9.31. The minimum Gasteiger partial charge on any atom is -0.384 e. The lowest BCUT2D eigenvalue weighted by Gasteiger charge is -2.21. The van der Waals surface area contributed by atoms with Gasteiger partial charge in [0.2, 0.25) is 0 Å². The van der Waals surface area contributed by atoms with Gasteiger partial charge < -0.3 is 16.2 Å². The van der Waals surface area contributed by atoms with Crippen LogP contribution in [0, 0.1) is 0 Å². The van der Waals surface area contributed by atoms with E-state index in [0.29, 0.717) is 5.82 Å². The molecule has 0 aliphatic carbocycles. The topological polar surface area (TPSA) is 74.2 Å². The molecule has 0 radical (unpaired) electrons. The molecule has 4 nitrogen and oxygen atoms in total. The van der Waals surface area contributed by atoms with Crippen molar-refractivity contribution in [2.24, 2.45) is 5.73 Å². The van der Waals surface area contributed by atoms with Gasteiger partial charge in [-0.25, -0.2) is 4.98 Å². The van der Waals surface area contributed by atoms with Gasteiger partial charge >= 0.3 is 0 Å². The average molecular weight is 209 g/mol. The summed E-state index contributed by atoms with van der Waals surface area (Å²) in [7, 11) is 1.69. The predicted octanol–water partition coefficient (Wildman–Crippen LogP) is 0.959. The summed E-state index contributed by atoms with van der Waals surface area (Å²) in [6.45, 7) is 2.06. The lowest BCUT2D eigenvalue weighted by atomic mass is 10.0. The van der Waals surface area contributed by atoms with Crippen LogP contribution in [0.5, 0.6) is 0 Å². The molecular weight excluding hydrogens is 190 g/mol. The molecular formula is C11H19N3O. The van der Waals surface area contributed by atoms with Crippen molar-refractivity contribution in [3.63, 3.8) is 0 Å². The van der Waals surface area contributed by atoms with Crippen LogP contribution in [0.1, 0.15) is 18.9 Å². The zero-order chi connectivity index (χ0) is 11.3. The van der Waals surface area contributed by atoms with Crippen molar-refractivity contribution in [3.8, 4) is 0 Å². The molecule has 2 atom stereocenters. The van der Waals surface area contributed by atoms with Gasteiger partial charge in [-0.2, -0.15) is 0 Å². The molecule has 0 aliphatic rings. The molecule has 0 spiro atoms. The Labute approximate surface area is 90.6 Å². The molecule has 4 N–H and O–H groups in total. The summed E-state index contributed by atoms with van der Waals surface area (Å²) >= 11 is 0. The second-order valence-electron chi connectivity index (χ2n) is 3.64. The number of rotatable bonds is 5. The van der Waals surface area contributed by atoms with Crippen LogP contribution in [0.4, 0.5) is 5.82 Å². The highest BCUT2D eigenvalue weighted by Gasteiger charge is 2.15. The molecule has 0 saturated heterocycles. The number of methoxy groups -OCH3 is 1. The van der Waals surface area contributed by atoms with Crippen molar-refractivity contribution >= 4 is 5.82 Å². The van der Waals surface area contributed by atoms with Gasteiger partial charge in [0.25, 0.3) is 0 Å². The van der Waals surface area contributed by atoms with E-state index in [-0.39, 0.29) is 12.1 Å². The van der Waals surface area contributed by atoms with Gasteiger partial charge in [-0.15, -0.1) is 0 Å². The van der Waals surface area contributed by atoms with E-state index in [1.807, 2.05) is 12.1 Å². The standard InChI is InChI=1S/C11H19N3O/c1-3-10(15-2)9(12)6-8-4-5-14-11(13)7-8/h4-5,7,9-10H,3,6,12H2,1-2H3,(H2,13,14). The SMILES string of the molecule is CCC(OC)C(N)Cc1ccnc(N)c1. The smallest absolute Gasteiger partial charge is 0.123 e. The predicted molar refractivity (Wildman–Crippen MR) is 61.4 cm³/mol. The third-order valence-corrected chi connectivity index (χ3v) is 2.50. The molecule has 1 heterocycles. The quantitative estimate of drug-likeness (QED) is 0.757. The summed E-state index contributed by atoms with van der Waals surface area (Å²) in [5.74, 6) is 0.533. The molecule has 0 aliphatic heterocycles. The van der Waals surface area contributed by atoms with Gasteiger partial charge in [0.15, 0.2) is 0 Å². The van der Waals surface area contributed by atoms with Crippen molar-refractivity contribution in [1.82, 2.24) is 4.98 Å². The number of pyridine rings is 1. The van der Waals surface area contributed by atoms with Gasteiger partial charge in [-0.1, -0.05) is 6.92 Å². The molecule has 1 aromatic heterocycles. The highest BCUT2D eigenvalue weighted by molar-refractivity contribution is 5.32. The number of ether oxygens (including phenoxy) is 1. The van der Waals surface area contributed by atoms with Gasteiger partial charge in [0.1, 0.15) is 5.82 Å². The second kappa shape index (κ2) is 5.68. The highest BCUT2D eigenvalue weighted by atomic mass is 16.5. The molecule has 15 heavy (non-hydrogen) atoms. The summed E-state index contributed by atoms with van der Waals surface area (Å²) < 4.78 is 5.29. The van der Waals surface area contributed by atoms with Crippen molar-refractivity contribution in [3.05, 3.63) is 23.9 Å².